The lowest BCUT2D eigenvalue weighted by Gasteiger charge is -2.10. The number of phenolic OH excluding ortho intramolecular Hbond substituents is 1. The highest BCUT2D eigenvalue weighted by Crippen LogP contribution is 2.26. The highest BCUT2D eigenvalue weighted by atomic mass is 35.5. The van der Waals surface area contributed by atoms with Crippen LogP contribution < -0.4 is 10.6 Å². The number of aromatic hydroxyl groups is 1. The lowest BCUT2D eigenvalue weighted by Crippen LogP contribution is -2.01. The molecule has 0 unspecified atom stereocenters. The average Bonchev–Trinajstić information content (AvgIpc) is 2.51. The zero-order valence-electron chi connectivity index (χ0n) is 11.9. The molecule has 3 N–H and O–H groups in total. The van der Waals surface area contributed by atoms with E-state index in [2.05, 4.69) is 33.2 Å². The summed E-state index contributed by atoms with van der Waals surface area (Å²) in [7, 11) is 0. The van der Waals surface area contributed by atoms with E-state index in [-0.39, 0.29) is 5.75 Å². The van der Waals surface area contributed by atoms with E-state index in [1.165, 1.54) is 6.20 Å². The molecular weight excluding hydrogens is 332 g/mol. The van der Waals surface area contributed by atoms with Gasteiger partial charge in [0.15, 0.2) is 5.82 Å². The minimum absolute atomic E-state index is 0.157. The van der Waals surface area contributed by atoms with Crippen molar-refractivity contribution in [2.75, 3.05) is 10.6 Å². The normalized spacial score (nSPS) is 10.3. The summed E-state index contributed by atoms with van der Waals surface area (Å²) in [6.07, 6.45) is 1.51. The van der Waals surface area contributed by atoms with Crippen LogP contribution in [0.25, 0.3) is 0 Å². The molecule has 0 atom stereocenters. The first-order valence-electron chi connectivity index (χ1n) is 6.75. The van der Waals surface area contributed by atoms with Gasteiger partial charge < -0.3 is 15.7 Å². The molecular formula is C16H13ClN4OS. The molecule has 5 nitrogen and oxygen atoms in total. The fraction of sp³-hybridized carbons (Fsp3) is 0. The summed E-state index contributed by atoms with van der Waals surface area (Å²) in [4.78, 5) is 9.34. The third kappa shape index (κ3) is 4.06. The van der Waals surface area contributed by atoms with Gasteiger partial charge in [-0.3, -0.25) is 0 Å². The van der Waals surface area contributed by atoms with Gasteiger partial charge in [-0.15, -0.1) is 12.6 Å². The Bertz CT molecular complexity index is 844. The Balaban J connectivity index is 1.84. The smallest absolute Gasteiger partial charge is 0.229 e. The fourth-order valence-corrected chi connectivity index (χ4v) is 2.31. The fourth-order valence-electron chi connectivity index (χ4n) is 1.95. The van der Waals surface area contributed by atoms with E-state index in [4.69, 9.17) is 11.6 Å². The van der Waals surface area contributed by atoms with Crippen LogP contribution >= 0.6 is 24.2 Å². The molecule has 116 valence electrons. The van der Waals surface area contributed by atoms with E-state index in [0.29, 0.717) is 22.5 Å². The number of anilines is 4. The number of benzene rings is 2. The Morgan fingerprint density at radius 1 is 1.00 bits per heavy atom. The molecule has 2 aromatic carbocycles. The summed E-state index contributed by atoms with van der Waals surface area (Å²) >= 11 is 10.4. The Morgan fingerprint density at radius 3 is 2.48 bits per heavy atom. The number of thiol groups is 1. The first kappa shape index (κ1) is 15.5. The van der Waals surface area contributed by atoms with Crippen LogP contribution in [-0.4, -0.2) is 15.1 Å². The van der Waals surface area contributed by atoms with Crippen molar-refractivity contribution in [1.82, 2.24) is 9.97 Å². The standard InChI is InChI=1S/C16H13ClN4OS/c17-14-9-18-16(20-11-4-2-6-13(23)8-11)21-15(14)19-10-3-1-5-12(22)7-10/h1-9,22-23H,(H2,18,19,20,21). The first-order chi connectivity index (χ1) is 11.1. The lowest BCUT2D eigenvalue weighted by molar-refractivity contribution is 0.475. The summed E-state index contributed by atoms with van der Waals surface area (Å²) in [6, 6.07) is 14.2. The van der Waals surface area contributed by atoms with Gasteiger partial charge in [-0.05, 0) is 30.3 Å². The minimum Gasteiger partial charge on any atom is -0.508 e. The number of rotatable bonds is 4. The zero-order chi connectivity index (χ0) is 16.2. The maximum atomic E-state index is 9.51. The molecule has 0 spiro atoms. The van der Waals surface area contributed by atoms with Gasteiger partial charge in [0.25, 0.3) is 0 Å². The molecule has 0 saturated heterocycles. The predicted molar refractivity (Wildman–Crippen MR) is 95.4 cm³/mol. The van der Waals surface area contributed by atoms with Crippen molar-refractivity contribution in [3.63, 3.8) is 0 Å². The monoisotopic (exact) mass is 344 g/mol. The second-order valence-corrected chi connectivity index (χ2v) is 5.66. The summed E-state index contributed by atoms with van der Waals surface area (Å²) in [5, 5.41) is 16.0. The van der Waals surface area contributed by atoms with Crippen LogP contribution in [-0.2, 0) is 0 Å². The number of nitrogens with one attached hydrogen (secondary N) is 2. The topological polar surface area (TPSA) is 70.1 Å². The van der Waals surface area contributed by atoms with Crippen molar-refractivity contribution in [3.05, 3.63) is 59.8 Å². The summed E-state index contributed by atoms with van der Waals surface area (Å²) in [5.74, 6) is 0.997. The molecule has 3 rings (SSSR count). The second kappa shape index (κ2) is 6.76. The number of nitrogens with zero attached hydrogens (tertiary/aromatic N) is 2. The molecule has 1 heterocycles. The van der Waals surface area contributed by atoms with Gasteiger partial charge in [0.2, 0.25) is 5.95 Å². The van der Waals surface area contributed by atoms with Gasteiger partial charge in [0, 0.05) is 22.3 Å². The van der Waals surface area contributed by atoms with Crippen molar-refractivity contribution in [3.8, 4) is 5.75 Å². The molecule has 0 amide bonds. The molecule has 23 heavy (non-hydrogen) atoms. The maximum absolute atomic E-state index is 9.51. The Hall–Kier alpha value is -2.44. The number of hydrogen-bond acceptors (Lipinski definition) is 6. The van der Waals surface area contributed by atoms with Gasteiger partial charge in [-0.1, -0.05) is 23.7 Å². The average molecular weight is 345 g/mol. The Labute approximate surface area is 143 Å². The molecule has 0 fully saturated rings. The molecule has 0 aliphatic heterocycles. The predicted octanol–water partition coefficient (Wildman–Crippen LogP) is 4.61. The van der Waals surface area contributed by atoms with E-state index in [1.807, 2.05) is 24.3 Å². The molecule has 7 heteroatoms. The van der Waals surface area contributed by atoms with Crippen molar-refractivity contribution in [1.29, 1.82) is 0 Å². The van der Waals surface area contributed by atoms with Gasteiger partial charge in [0.1, 0.15) is 10.8 Å². The Kier molecular flexibility index (Phi) is 4.55. The molecule has 3 aromatic rings. The number of halogens is 1. The largest absolute Gasteiger partial charge is 0.508 e. The molecule has 1 aromatic heterocycles. The van der Waals surface area contributed by atoms with Crippen molar-refractivity contribution in [2.45, 2.75) is 4.90 Å². The number of aromatic nitrogens is 2. The van der Waals surface area contributed by atoms with Crippen LogP contribution in [0.3, 0.4) is 0 Å². The van der Waals surface area contributed by atoms with E-state index in [9.17, 15) is 5.11 Å². The van der Waals surface area contributed by atoms with Crippen LogP contribution in [0.2, 0.25) is 5.02 Å². The van der Waals surface area contributed by atoms with E-state index in [0.717, 1.165) is 10.6 Å². The third-order valence-electron chi connectivity index (χ3n) is 2.96. The van der Waals surface area contributed by atoms with E-state index >= 15 is 0 Å². The first-order valence-corrected chi connectivity index (χ1v) is 7.57. The number of phenols is 1. The van der Waals surface area contributed by atoms with Crippen LogP contribution in [0, 0.1) is 0 Å². The minimum atomic E-state index is 0.157. The van der Waals surface area contributed by atoms with Crippen LogP contribution in [0.15, 0.2) is 59.6 Å². The summed E-state index contributed by atoms with van der Waals surface area (Å²) in [5.41, 5.74) is 1.50. The van der Waals surface area contributed by atoms with Crippen molar-refractivity contribution < 1.29 is 5.11 Å². The van der Waals surface area contributed by atoms with Crippen LogP contribution in [0.4, 0.5) is 23.1 Å². The zero-order valence-corrected chi connectivity index (χ0v) is 13.5. The maximum Gasteiger partial charge on any atom is 0.229 e. The number of hydrogen-bond donors (Lipinski definition) is 4. The Morgan fingerprint density at radius 2 is 1.74 bits per heavy atom. The molecule has 0 radical (unpaired) electrons. The summed E-state index contributed by atoms with van der Waals surface area (Å²) < 4.78 is 0. The van der Waals surface area contributed by atoms with Crippen molar-refractivity contribution in [2.24, 2.45) is 0 Å². The van der Waals surface area contributed by atoms with Gasteiger partial charge >= 0.3 is 0 Å². The summed E-state index contributed by atoms with van der Waals surface area (Å²) in [6.45, 7) is 0. The SMILES string of the molecule is Oc1cccc(Nc2nc(Nc3cccc(S)c3)ncc2Cl)c1. The van der Waals surface area contributed by atoms with E-state index < -0.39 is 0 Å². The highest BCUT2D eigenvalue weighted by molar-refractivity contribution is 7.80. The molecule has 0 bridgehead atoms. The van der Waals surface area contributed by atoms with Gasteiger partial charge in [-0.2, -0.15) is 4.98 Å². The second-order valence-electron chi connectivity index (χ2n) is 4.74. The third-order valence-corrected chi connectivity index (χ3v) is 3.51. The highest BCUT2D eigenvalue weighted by Gasteiger charge is 2.07. The van der Waals surface area contributed by atoms with Gasteiger partial charge in [-0.25, -0.2) is 4.98 Å². The van der Waals surface area contributed by atoms with E-state index in [1.54, 1.807) is 24.3 Å². The molecule has 0 aliphatic rings. The quantitative estimate of drug-likeness (QED) is 0.520. The van der Waals surface area contributed by atoms with Gasteiger partial charge in [0.05, 0.1) is 6.20 Å². The molecule has 0 aliphatic carbocycles. The molecule has 0 saturated carbocycles. The lowest BCUT2D eigenvalue weighted by atomic mass is 10.3. The van der Waals surface area contributed by atoms with Crippen molar-refractivity contribution >= 4 is 47.4 Å². The van der Waals surface area contributed by atoms with Crippen LogP contribution in [0.1, 0.15) is 0 Å². The van der Waals surface area contributed by atoms with Crippen LogP contribution in [0.5, 0.6) is 5.75 Å².